The zero-order valence-corrected chi connectivity index (χ0v) is 12.5. The maximum absolute atomic E-state index is 9.69. The molecular weight excluding hydrogens is 278 g/mol. The number of nitrogens with zero attached hydrogens (tertiary/aromatic N) is 2. The molecule has 5 rings (SSSR count). The lowest BCUT2D eigenvalue weighted by molar-refractivity contribution is 0.000221. The smallest absolute Gasteiger partial charge is 0.121 e. The van der Waals surface area contributed by atoms with Gasteiger partial charge in [-0.2, -0.15) is 0 Å². The maximum atomic E-state index is 9.69. The van der Waals surface area contributed by atoms with Crippen molar-refractivity contribution in [3.05, 3.63) is 30.1 Å². The van der Waals surface area contributed by atoms with Crippen molar-refractivity contribution < 1.29 is 9.84 Å². The van der Waals surface area contributed by atoms with Gasteiger partial charge >= 0.3 is 0 Å². The van der Waals surface area contributed by atoms with Gasteiger partial charge in [0.15, 0.2) is 0 Å². The van der Waals surface area contributed by atoms with Crippen LogP contribution in [0.3, 0.4) is 0 Å². The minimum Gasteiger partial charge on any atom is -0.396 e. The van der Waals surface area contributed by atoms with Gasteiger partial charge in [0.25, 0.3) is 0 Å². The predicted octanol–water partition coefficient (Wildman–Crippen LogP) is 1.53. The average molecular weight is 299 g/mol. The van der Waals surface area contributed by atoms with E-state index in [1.165, 1.54) is 0 Å². The third-order valence-corrected chi connectivity index (χ3v) is 5.88. The van der Waals surface area contributed by atoms with Crippen LogP contribution in [0.1, 0.15) is 18.7 Å². The van der Waals surface area contributed by atoms with E-state index in [2.05, 4.69) is 20.9 Å². The summed E-state index contributed by atoms with van der Waals surface area (Å²) in [5.74, 6) is 1.84. The molecule has 0 amide bonds. The number of aliphatic hydroxyl groups is 1. The van der Waals surface area contributed by atoms with E-state index in [-0.39, 0.29) is 12.2 Å². The van der Waals surface area contributed by atoms with Crippen molar-refractivity contribution >= 4 is 11.0 Å². The van der Waals surface area contributed by atoms with Crippen LogP contribution < -0.4 is 0 Å². The molecule has 2 bridgehead atoms. The van der Waals surface area contributed by atoms with Gasteiger partial charge in [0.1, 0.15) is 5.82 Å². The van der Waals surface area contributed by atoms with Crippen LogP contribution in [0.25, 0.3) is 11.0 Å². The number of hydrogen-bond donors (Lipinski definition) is 2. The summed E-state index contributed by atoms with van der Waals surface area (Å²) in [6, 6.07) is 8.15. The molecule has 116 valence electrons. The van der Waals surface area contributed by atoms with E-state index in [0.717, 1.165) is 49.3 Å². The van der Waals surface area contributed by atoms with Crippen molar-refractivity contribution in [2.75, 3.05) is 19.7 Å². The number of likely N-dealkylation sites (tertiary alicyclic amines) is 1. The van der Waals surface area contributed by atoms with Crippen molar-refractivity contribution in [3.63, 3.8) is 0 Å². The summed E-state index contributed by atoms with van der Waals surface area (Å²) in [5.41, 5.74) is 2.13. The minimum absolute atomic E-state index is 0.00405. The molecule has 3 aliphatic rings. The number of ether oxygens (including phenoxy) is 1. The molecule has 3 aliphatic heterocycles. The first-order chi connectivity index (χ1) is 10.8. The first-order valence-corrected chi connectivity index (χ1v) is 8.22. The molecule has 1 aromatic heterocycles. The predicted molar refractivity (Wildman–Crippen MR) is 82.3 cm³/mol. The molecule has 5 nitrogen and oxygen atoms in total. The highest BCUT2D eigenvalue weighted by Crippen LogP contribution is 2.54. The molecule has 2 aromatic rings. The summed E-state index contributed by atoms with van der Waals surface area (Å²) in [6.07, 6.45) is 2.55. The van der Waals surface area contributed by atoms with Crippen LogP contribution in [0.2, 0.25) is 0 Å². The number of hydrogen-bond acceptors (Lipinski definition) is 4. The number of aliphatic hydroxyl groups excluding tert-OH is 1. The number of para-hydroxylation sites is 2. The van der Waals surface area contributed by atoms with Crippen molar-refractivity contribution in [2.24, 2.45) is 11.8 Å². The van der Waals surface area contributed by atoms with Crippen LogP contribution in [0.4, 0.5) is 0 Å². The van der Waals surface area contributed by atoms with Crippen LogP contribution in [-0.2, 0) is 11.3 Å². The minimum atomic E-state index is 0.00405. The zero-order valence-electron chi connectivity index (χ0n) is 12.5. The van der Waals surface area contributed by atoms with E-state index in [1.807, 2.05) is 18.2 Å². The Labute approximate surface area is 129 Å². The molecule has 0 radical (unpaired) electrons. The van der Waals surface area contributed by atoms with Crippen LogP contribution in [0, 0.1) is 11.8 Å². The average Bonchev–Trinajstić information content (AvgIpc) is 3.23. The largest absolute Gasteiger partial charge is 0.396 e. The SMILES string of the molecule is OC[C@H]1[C@@H]2CC[C@@]3(CN(Cc4nc5ccccc5[nH]4)C[C@@H]13)O2. The Bertz CT molecular complexity index is 682. The van der Waals surface area contributed by atoms with Gasteiger partial charge in [0.05, 0.1) is 29.3 Å². The van der Waals surface area contributed by atoms with Gasteiger partial charge in [0, 0.05) is 31.5 Å². The fourth-order valence-electron chi connectivity index (χ4n) is 4.94. The van der Waals surface area contributed by atoms with E-state index in [0.29, 0.717) is 17.9 Å². The third kappa shape index (κ3) is 1.73. The molecule has 3 saturated heterocycles. The van der Waals surface area contributed by atoms with Crippen molar-refractivity contribution in [3.8, 4) is 0 Å². The van der Waals surface area contributed by atoms with Gasteiger partial charge in [-0.1, -0.05) is 12.1 Å². The zero-order chi connectivity index (χ0) is 14.7. The van der Waals surface area contributed by atoms with Crippen molar-refractivity contribution in [1.82, 2.24) is 14.9 Å². The Kier molecular flexibility index (Phi) is 2.69. The molecule has 22 heavy (non-hydrogen) atoms. The van der Waals surface area contributed by atoms with Gasteiger partial charge in [-0.15, -0.1) is 0 Å². The number of fused-ring (bicyclic) bond motifs is 2. The quantitative estimate of drug-likeness (QED) is 0.902. The van der Waals surface area contributed by atoms with E-state index < -0.39 is 0 Å². The second kappa shape index (κ2) is 4.54. The molecule has 0 aliphatic carbocycles. The second-order valence-electron chi connectivity index (χ2n) is 7.08. The standard InChI is InChI=1S/C17H21N3O2/c21-9-11-12-7-20(10-17(12)6-5-15(11)22-17)8-16-18-13-3-1-2-4-14(13)19-16/h1-4,11-12,15,21H,5-10H2,(H,18,19)/t11-,12+,15+,17+/m1/s1. The highest BCUT2D eigenvalue weighted by Gasteiger charge is 2.62. The van der Waals surface area contributed by atoms with E-state index >= 15 is 0 Å². The van der Waals surface area contributed by atoms with E-state index in [4.69, 9.17) is 4.74 Å². The first-order valence-electron chi connectivity index (χ1n) is 8.22. The Morgan fingerprint density at radius 3 is 3.18 bits per heavy atom. The van der Waals surface area contributed by atoms with Gasteiger partial charge in [-0.25, -0.2) is 4.98 Å². The molecule has 4 atom stereocenters. The second-order valence-corrected chi connectivity index (χ2v) is 7.08. The number of nitrogens with one attached hydrogen (secondary N) is 1. The molecule has 1 spiro atoms. The molecule has 3 fully saturated rings. The van der Waals surface area contributed by atoms with Gasteiger partial charge in [0.2, 0.25) is 0 Å². The Hall–Kier alpha value is -1.43. The molecule has 2 N–H and O–H groups in total. The molecule has 0 unspecified atom stereocenters. The highest BCUT2D eigenvalue weighted by molar-refractivity contribution is 5.74. The number of aromatic amines is 1. The summed E-state index contributed by atoms with van der Waals surface area (Å²) in [6.45, 7) is 3.08. The van der Waals surface area contributed by atoms with Crippen LogP contribution >= 0.6 is 0 Å². The first kappa shape index (κ1) is 13.0. The molecular formula is C17H21N3O2. The monoisotopic (exact) mass is 299 g/mol. The summed E-state index contributed by atoms with van der Waals surface area (Å²) < 4.78 is 6.28. The molecule has 4 heterocycles. The maximum Gasteiger partial charge on any atom is 0.121 e. The van der Waals surface area contributed by atoms with E-state index in [1.54, 1.807) is 0 Å². The number of H-pyrrole nitrogens is 1. The van der Waals surface area contributed by atoms with Crippen LogP contribution in [-0.4, -0.2) is 51.4 Å². The Morgan fingerprint density at radius 2 is 2.32 bits per heavy atom. The fraction of sp³-hybridized carbons (Fsp3) is 0.588. The van der Waals surface area contributed by atoms with Crippen molar-refractivity contribution in [2.45, 2.75) is 31.1 Å². The van der Waals surface area contributed by atoms with Gasteiger partial charge in [-0.3, -0.25) is 4.90 Å². The lowest BCUT2D eigenvalue weighted by atomic mass is 9.74. The lowest BCUT2D eigenvalue weighted by Crippen LogP contribution is -2.37. The molecule has 1 aromatic carbocycles. The fourth-order valence-corrected chi connectivity index (χ4v) is 4.94. The van der Waals surface area contributed by atoms with Gasteiger partial charge in [-0.05, 0) is 25.0 Å². The van der Waals surface area contributed by atoms with Crippen LogP contribution in [0.5, 0.6) is 0 Å². The Balaban J connectivity index is 1.37. The third-order valence-electron chi connectivity index (χ3n) is 5.88. The number of benzene rings is 1. The topological polar surface area (TPSA) is 61.4 Å². The van der Waals surface area contributed by atoms with Gasteiger partial charge < -0.3 is 14.8 Å². The van der Waals surface area contributed by atoms with Crippen LogP contribution in [0.15, 0.2) is 24.3 Å². The summed E-state index contributed by atoms with van der Waals surface area (Å²) in [7, 11) is 0. The lowest BCUT2D eigenvalue weighted by Gasteiger charge is -2.28. The summed E-state index contributed by atoms with van der Waals surface area (Å²) >= 11 is 0. The highest BCUT2D eigenvalue weighted by atomic mass is 16.5. The van der Waals surface area contributed by atoms with Crippen molar-refractivity contribution in [1.29, 1.82) is 0 Å². The number of rotatable bonds is 3. The summed E-state index contributed by atoms with van der Waals surface area (Å²) in [5, 5.41) is 9.69. The summed E-state index contributed by atoms with van der Waals surface area (Å²) in [4.78, 5) is 10.5. The Morgan fingerprint density at radius 1 is 1.41 bits per heavy atom. The molecule has 0 saturated carbocycles. The normalized spacial score (nSPS) is 37.2. The number of aromatic nitrogens is 2. The van der Waals surface area contributed by atoms with E-state index in [9.17, 15) is 5.11 Å². The molecule has 5 heteroatoms. The number of imidazole rings is 1.